The summed E-state index contributed by atoms with van der Waals surface area (Å²) in [5.74, 6) is -0.857. The number of carbonyl (C=O) groups is 3. The molecule has 0 bridgehead atoms. The number of unbranched alkanes of at least 4 members (excludes halogenated alkanes) is 10. The minimum absolute atomic E-state index is 0.105. The van der Waals surface area contributed by atoms with Crippen LogP contribution in [0.1, 0.15) is 104 Å². The fourth-order valence-corrected chi connectivity index (χ4v) is 3.33. The fourth-order valence-electron chi connectivity index (χ4n) is 3.33. The van der Waals surface area contributed by atoms with Gasteiger partial charge >= 0.3 is 11.9 Å². The number of rotatable bonds is 23. The van der Waals surface area contributed by atoms with Crippen LogP contribution in [0.2, 0.25) is 0 Å². The smallest absolute Gasteiger partial charge is 0.330 e. The van der Waals surface area contributed by atoms with E-state index in [1.165, 1.54) is 51.4 Å². The molecule has 0 aliphatic carbocycles. The summed E-state index contributed by atoms with van der Waals surface area (Å²) in [5.41, 5.74) is -0.586. The molecule has 32 heavy (non-hydrogen) atoms. The van der Waals surface area contributed by atoms with Crippen LogP contribution < -0.4 is 0 Å². The van der Waals surface area contributed by atoms with Gasteiger partial charge in [-0.1, -0.05) is 78.2 Å². The van der Waals surface area contributed by atoms with E-state index in [4.69, 9.17) is 14.2 Å². The van der Waals surface area contributed by atoms with Gasteiger partial charge in [0.05, 0.1) is 12.0 Å². The molecule has 1 unspecified atom stereocenters. The van der Waals surface area contributed by atoms with Crippen LogP contribution in [0.15, 0.2) is 12.7 Å². The summed E-state index contributed by atoms with van der Waals surface area (Å²) in [6.45, 7) is 8.84. The summed E-state index contributed by atoms with van der Waals surface area (Å²) in [6.07, 6.45) is 16.2. The molecule has 0 saturated heterocycles. The fraction of sp³-hybridized carbons (Fsp3) is 0.808. The van der Waals surface area contributed by atoms with Gasteiger partial charge in [0.2, 0.25) is 0 Å². The van der Waals surface area contributed by atoms with Crippen molar-refractivity contribution in [1.29, 1.82) is 0 Å². The molecular formula is C26H46O6. The zero-order valence-electron chi connectivity index (χ0n) is 20.5. The second kappa shape index (κ2) is 21.2. The van der Waals surface area contributed by atoms with Crippen LogP contribution in [0.3, 0.4) is 0 Å². The number of ether oxygens (including phenoxy) is 3. The van der Waals surface area contributed by atoms with Gasteiger partial charge < -0.3 is 19.0 Å². The maximum absolute atomic E-state index is 11.9. The molecule has 0 amide bonds. The molecule has 186 valence electrons. The van der Waals surface area contributed by atoms with Gasteiger partial charge in [0, 0.05) is 25.5 Å². The lowest BCUT2D eigenvalue weighted by molar-refractivity contribution is -0.155. The predicted octanol–water partition coefficient (Wildman–Crippen LogP) is 5.96. The van der Waals surface area contributed by atoms with Crippen molar-refractivity contribution < 1.29 is 28.6 Å². The van der Waals surface area contributed by atoms with E-state index in [1.807, 2.05) is 6.92 Å². The molecule has 6 heteroatoms. The first-order chi connectivity index (χ1) is 15.5. The number of aldehydes is 1. The molecule has 0 aliphatic heterocycles. The highest BCUT2D eigenvalue weighted by Gasteiger charge is 2.32. The lowest BCUT2D eigenvalue weighted by atomic mass is 9.88. The van der Waals surface area contributed by atoms with Crippen LogP contribution in [0, 0.1) is 5.41 Å². The quantitative estimate of drug-likeness (QED) is 0.0820. The van der Waals surface area contributed by atoms with Gasteiger partial charge in [0.1, 0.15) is 19.5 Å². The molecule has 0 saturated carbocycles. The third-order valence-electron chi connectivity index (χ3n) is 5.73. The van der Waals surface area contributed by atoms with Crippen molar-refractivity contribution in [3.63, 3.8) is 0 Å². The van der Waals surface area contributed by atoms with Crippen LogP contribution in [0.5, 0.6) is 0 Å². The Labute approximate surface area is 195 Å². The van der Waals surface area contributed by atoms with Crippen LogP contribution in [-0.4, -0.2) is 44.7 Å². The molecule has 0 aromatic rings. The number of esters is 2. The van der Waals surface area contributed by atoms with E-state index in [0.717, 1.165) is 25.2 Å². The number of carbonyl (C=O) groups excluding carboxylic acids is 3. The third-order valence-corrected chi connectivity index (χ3v) is 5.73. The van der Waals surface area contributed by atoms with E-state index in [1.54, 1.807) is 0 Å². The van der Waals surface area contributed by atoms with Crippen molar-refractivity contribution in [2.75, 3.05) is 26.4 Å². The first-order valence-corrected chi connectivity index (χ1v) is 12.5. The molecule has 0 aliphatic rings. The SMILES string of the molecule is C=CC(=O)OCC(CC)(COCCCCCCCCCCCC)COC(=O)CCCC=O. The van der Waals surface area contributed by atoms with E-state index in [2.05, 4.69) is 13.5 Å². The van der Waals surface area contributed by atoms with E-state index in [9.17, 15) is 14.4 Å². The van der Waals surface area contributed by atoms with E-state index < -0.39 is 11.4 Å². The first kappa shape index (κ1) is 30.3. The zero-order valence-corrected chi connectivity index (χ0v) is 20.5. The first-order valence-electron chi connectivity index (χ1n) is 12.5. The van der Waals surface area contributed by atoms with Crippen molar-refractivity contribution in [3.8, 4) is 0 Å². The predicted molar refractivity (Wildman–Crippen MR) is 127 cm³/mol. The van der Waals surface area contributed by atoms with Crippen molar-refractivity contribution in [1.82, 2.24) is 0 Å². The molecule has 0 N–H and O–H groups in total. The topological polar surface area (TPSA) is 78.9 Å². The molecule has 0 fully saturated rings. The van der Waals surface area contributed by atoms with Gasteiger partial charge in [0.15, 0.2) is 0 Å². The number of hydrogen-bond acceptors (Lipinski definition) is 6. The summed E-state index contributed by atoms with van der Waals surface area (Å²) in [6, 6.07) is 0. The Hall–Kier alpha value is -1.69. The second-order valence-electron chi connectivity index (χ2n) is 8.62. The standard InChI is InChI=1S/C26H46O6/c1-4-7-8-9-10-11-12-13-14-17-20-30-21-26(6-3,22-31-24(28)5-2)23-32-25(29)18-15-16-19-27/h5,19H,2,4,6-18,20-23H2,1,3H3. The average Bonchev–Trinajstić information content (AvgIpc) is 2.81. The Morgan fingerprint density at radius 3 is 1.97 bits per heavy atom. The minimum atomic E-state index is -0.586. The van der Waals surface area contributed by atoms with Gasteiger partial charge in [0.25, 0.3) is 0 Å². The summed E-state index contributed by atoms with van der Waals surface area (Å²) in [5, 5.41) is 0. The van der Waals surface area contributed by atoms with Crippen molar-refractivity contribution in [3.05, 3.63) is 12.7 Å². The van der Waals surface area contributed by atoms with Crippen molar-refractivity contribution in [2.45, 2.75) is 104 Å². The Balaban J connectivity index is 4.25. The average molecular weight is 455 g/mol. The molecule has 0 rings (SSSR count). The molecule has 1 atom stereocenters. The van der Waals surface area contributed by atoms with Gasteiger partial charge in [-0.05, 0) is 19.3 Å². The third kappa shape index (κ3) is 16.9. The van der Waals surface area contributed by atoms with Crippen LogP contribution in [-0.2, 0) is 28.6 Å². The number of hydrogen-bond donors (Lipinski definition) is 0. The molecular weight excluding hydrogens is 408 g/mol. The highest BCUT2D eigenvalue weighted by Crippen LogP contribution is 2.25. The van der Waals surface area contributed by atoms with E-state index in [-0.39, 0.29) is 25.6 Å². The largest absolute Gasteiger partial charge is 0.465 e. The maximum atomic E-state index is 11.9. The Morgan fingerprint density at radius 2 is 1.41 bits per heavy atom. The summed E-state index contributed by atoms with van der Waals surface area (Å²) in [4.78, 5) is 33.9. The van der Waals surface area contributed by atoms with E-state index in [0.29, 0.717) is 32.5 Å². The summed E-state index contributed by atoms with van der Waals surface area (Å²) < 4.78 is 16.6. The Bertz CT molecular complexity index is 505. The maximum Gasteiger partial charge on any atom is 0.330 e. The lowest BCUT2D eigenvalue weighted by Gasteiger charge is -2.31. The molecule has 0 heterocycles. The minimum Gasteiger partial charge on any atom is -0.465 e. The van der Waals surface area contributed by atoms with Crippen molar-refractivity contribution >= 4 is 18.2 Å². The van der Waals surface area contributed by atoms with Gasteiger partial charge in [-0.25, -0.2) is 4.79 Å². The molecule has 0 aromatic carbocycles. The zero-order chi connectivity index (χ0) is 23.9. The van der Waals surface area contributed by atoms with Gasteiger partial charge in [-0.2, -0.15) is 0 Å². The van der Waals surface area contributed by atoms with E-state index >= 15 is 0 Å². The van der Waals surface area contributed by atoms with Gasteiger partial charge in [-0.15, -0.1) is 0 Å². The molecule has 0 spiro atoms. The molecule has 0 radical (unpaired) electrons. The highest BCUT2D eigenvalue weighted by molar-refractivity contribution is 5.81. The summed E-state index contributed by atoms with van der Waals surface area (Å²) >= 11 is 0. The Kier molecular flexibility index (Phi) is 20.1. The van der Waals surface area contributed by atoms with Crippen LogP contribution >= 0.6 is 0 Å². The van der Waals surface area contributed by atoms with Crippen LogP contribution in [0.25, 0.3) is 0 Å². The normalized spacial score (nSPS) is 12.7. The molecule has 0 aromatic heterocycles. The summed E-state index contributed by atoms with van der Waals surface area (Å²) in [7, 11) is 0. The monoisotopic (exact) mass is 454 g/mol. The van der Waals surface area contributed by atoms with Crippen LogP contribution in [0.4, 0.5) is 0 Å². The Morgan fingerprint density at radius 1 is 0.812 bits per heavy atom. The lowest BCUT2D eigenvalue weighted by Crippen LogP contribution is -2.38. The second-order valence-corrected chi connectivity index (χ2v) is 8.62. The van der Waals surface area contributed by atoms with Gasteiger partial charge in [-0.3, -0.25) is 4.79 Å². The molecule has 6 nitrogen and oxygen atoms in total. The van der Waals surface area contributed by atoms with Crippen molar-refractivity contribution in [2.24, 2.45) is 5.41 Å². The highest BCUT2D eigenvalue weighted by atomic mass is 16.6.